The Kier molecular flexibility index (Phi) is 8.57. The lowest BCUT2D eigenvalue weighted by molar-refractivity contribution is -0.124. The first-order valence-corrected chi connectivity index (χ1v) is 6.63. The number of amides is 1. The van der Waals surface area contributed by atoms with Crippen molar-refractivity contribution in [3.05, 3.63) is 0 Å². The van der Waals surface area contributed by atoms with E-state index in [0.29, 0.717) is 18.4 Å². The number of carbonyl (C=O) groups excluding carboxylic acids is 1. The van der Waals surface area contributed by atoms with Gasteiger partial charge in [-0.25, -0.2) is 0 Å². The summed E-state index contributed by atoms with van der Waals surface area (Å²) in [5, 5.41) is 2.96. The number of halogens is 1. The van der Waals surface area contributed by atoms with Gasteiger partial charge in [-0.3, -0.25) is 4.79 Å². The van der Waals surface area contributed by atoms with Crippen LogP contribution in [-0.4, -0.2) is 31.7 Å². The molecule has 1 aliphatic heterocycles. The van der Waals surface area contributed by atoms with Gasteiger partial charge in [0.1, 0.15) is 0 Å². The maximum atomic E-state index is 11.9. The minimum atomic E-state index is -0.377. The summed E-state index contributed by atoms with van der Waals surface area (Å²) in [6, 6.07) is -0.377. The largest absolute Gasteiger partial charge is 0.381 e. The van der Waals surface area contributed by atoms with E-state index in [9.17, 15) is 4.79 Å². The van der Waals surface area contributed by atoms with E-state index >= 15 is 0 Å². The summed E-state index contributed by atoms with van der Waals surface area (Å²) in [5.74, 6) is 1.33. The Morgan fingerprint density at radius 2 is 1.89 bits per heavy atom. The molecule has 5 heteroatoms. The summed E-state index contributed by atoms with van der Waals surface area (Å²) in [6.45, 7) is 8.64. The van der Waals surface area contributed by atoms with Crippen molar-refractivity contribution in [2.45, 2.75) is 39.7 Å². The van der Waals surface area contributed by atoms with Gasteiger partial charge in [0.15, 0.2) is 0 Å². The highest BCUT2D eigenvalue weighted by atomic mass is 35.5. The maximum absolute atomic E-state index is 11.9. The fraction of sp³-hybridized carbons (Fsp3) is 0.923. The Morgan fingerprint density at radius 1 is 1.33 bits per heavy atom. The first-order valence-electron chi connectivity index (χ1n) is 6.63. The average Bonchev–Trinajstić information content (AvgIpc) is 2.35. The topological polar surface area (TPSA) is 64.4 Å². The first-order chi connectivity index (χ1) is 8.02. The van der Waals surface area contributed by atoms with Crippen LogP contribution >= 0.6 is 12.4 Å². The fourth-order valence-corrected chi connectivity index (χ4v) is 1.90. The molecule has 1 aliphatic rings. The van der Waals surface area contributed by atoms with Gasteiger partial charge in [-0.05, 0) is 30.6 Å². The van der Waals surface area contributed by atoms with Crippen molar-refractivity contribution in [2.75, 3.05) is 19.8 Å². The second kappa shape index (κ2) is 8.73. The van der Waals surface area contributed by atoms with Crippen molar-refractivity contribution >= 4 is 18.3 Å². The molecule has 0 aromatic carbocycles. The second-order valence-corrected chi connectivity index (χ2v) is 5.44. The van der Waals surface area contributed by atoms with Gasteiger partial charge in [0, 0.05) is 19.8 Å². The SMILES string of the molecule is CC(C)C(C)CNC(=O)C(N)C1CCOCC1.Cl. The molecule has 1 rings (SSSR count). The minimum Gasteiger partial charge on any atom is -0.381 e. The number of nitrogens with two attached hydrogens (primary N) is 1. The molecule has 1 saturated heterocycles. The van der Waals surface area contributed by atoms with Crippen LogP contribution in [0.1, 0.15) is 33.6 Å². The van der Waals surface area contributed by atoms with Crippen molar-refractivity contribution in [2.24, 2.45) is 23.5 Å². The highest BCUT2D eigenvalue weighted by Crippen LogP contribution is 2.17. The van der Waals surface area contributed by atoms with E-state index in [2.05, 4.69) is 26.1 Å². The van der Waals surface area contributed by atoms with Crippen LogP contribution in [0.25, 0.3) is 0 Å². The van der Waals surface area contributed by atoms with Crippen molar-refractivity contribution < 1.29 is 9.53 Å². The number of rotatable bonds is 5. The zero-order valence-electron chi connectivity index (χ0n) is 11.6. The molecule has 4 nitrogen and oxygen atoms in total. The van der Waals surface area contributed by atoms with Gasteiger partial charge in [-0.1, -0.05) is 20.8 Å². The van der Waals surface area contributed by atoms with Gasteiger partial charge in [0.05, 0.1) is 6.04 Å². The van der Waals surface area contributed by atoms with Crippen LogP contribution in [0.5, 0.6) is 0 Å². The van der Waals surface area contributed by atoms with E-state index in [0.717, 1.165) is 26.1 Å². The normalized spacial score (nSPS) is 20.1. The van der Waals surface area contributed by atoms with E-state index in [1.165, 1.54) is 0 Å². The van der Waals surface area contributed by atoms with Gasteiger partial charge in [0.2, 0.25) is 5.91 Å². The van der Waals surface area contributed by atoms with Crippen LogP contribution in [0.3, 0.4) is 0 Å². The fourth-order valence-electron chi connectivity index (χ4n) is 1.90. The molecular weight excluding hydrogens is 252 g/mol. The van der Waals surface area contributed by atoms with Crippen molar-refractivity contribution in [3.63, 3.8) is 0 Å². The van der Waals surface area contributed by atoms with Gasteiger partial charge in [-0.2, -0.15) is 0 Å². The molecule has 0 aromatic rings. The minimum absolute atomic E-state index is 0. The number of carbonyl (C=O) groups is 1. The van der Waals surface area contributed by atoms with Gasteiger partial charge in [-0.15, -0.1) is 12.4 Å². The third-order valence-corrected chi connectivity index (χ3v) is 3.81. The summed E-state index contributed by atoms with van der Waals surface area (Å²) in [4.78, 5) is 11.9. The lowest BCUT2D eigenvalue weighted by atomic mass is 9.91. The van der Waals surface area contributed by atoms with Crippen molar-refractivity contribution in [1.82, 2.24) is 5.32 Å². The van der Waals surface area contributed by atoms with E-state index in [4.69, 9.17) is 10.5 Å². The van der Waals surface area contributed by atoms with Crippen LogP contribution in [0.4, 0.5) is 0 Å². The van der Waals surface area contributed by atoms with Crippen LogP contribution in [0.15, 0.2) is 0 Å². The van der Waals surface area contributed by atoms with Crippen LogP contribution in [0.2, 0.25) is 0 Å². The molecule has 2 atom stereocenters. The molecule has 0 aromatic heterocycles. The molecule has 2 unspecified atom stereocenters. The van der Waals surface area contributed by atoms with Crippen LogP contribution < -0.4 is 11.1 Å². The predicted octanol–water partition coefficient (Wildman–Crippen LogP) is 1.57. The molecule has 1 amide bonds. The number of ether oxygens (including phenoxy) is 1. The summed E-state index contributed by atoms with van der Waals surface area (Å²) in [5.41, 5.74) is 5.99. The predicted molar refractivity (Wildman–Crippen MR) is 75.8 cm³/mol. The molecule has 1 fully saturated rings. The standard InChI is InChI=1S/C13H26N2O2.ClH/c1-9(2)10(3)8-15-13(16)12(14)11-4-6-17-7-5-11;/h9-12H,4-8,14H2,1-3H3,(H,15,16);1H. The average molecular weight is 279 g/mol. The number of nitrogens with one attached hydrogen (secondary N) is 1. The van der Waals surface area contributed by atoms with Gasteiger partial charge in [0.25, 0.3) is 0 Å². The lowest BCUT2D eigenvalue weighted by Gasteiger charge is -2.27. The highest BCUT2D eigenvalue weighted by molar-refractivity contribution is 5.85. The van der Waals surface area contributed by atoms with Crippen molar-refractivity contribution in [1.29, 1.82) is 0 Å². The van der Waals surface area contributed by atoms with Crippen molar-refractivity contribution in [3.8, 4) is 0 Å². The Hall–Kier alpha value is -0.320. The molecule has 1 heterocycles. The molecule has 3 N–H and O–H groups in total. The third kappa shape index (κ3) is 5.55. The number of hydrogen-bond donors (Lipinski definition) is 2. The molecular formula is C13H27ClN2O2. The zero-order chi connectivity index (χ0) is 12.8. The van der Waals surface area contributed by atoms with Crippen LogP contribution in [-0.2, 0) is 9.53 Å². The molecule has 0 bridgehead atoms. The summed E-state index contributed by atoms with van der Waals surface area (Å²) in [7, 11) is 0. The molecule has 18 heavy (non-hydrogen) atoms. The monoisotopic (exact) mass is 278 g/mol. The highest BCUT2D eigenvalue weighted by Gasteiger charge is 2.26. The smallest absolute Gasteiger partial charge is 0.237 e. The summed E-state index contributed by atoms with van der Waals surface area (Å²) >= 11 is 0. The van der Waals surface area contributed by atoms with E-state index in [1.807, 2.05) is 0 Å². The van der Waals surface area contributed by atoms with Crippen LogP contribution in [0, 0.1) is 17.8 Å². The summed E-state index contributed by atoms with van der Waals surface area (Å²) in [6.07, 6.45) is 1.79. The molecule has 0 saturated carbocycles. The Balaban J connectivity index is 0.00000289. The Labute approximate surface area is 116 Å². The maximum Gasteiger partial charge on any atom is 0.237 e. The zero-order valence-corrected chi connectivity index (χ0v) is 12.5. The molecule has 108 valence electrons. The van der Waals surface area contributed by atoms with E-state index in [1.54, 1.807) is 0 Å². The van der Waals surface area contributed by atoms with Gasteiger partial charge < -0.3 is 15.8 Å². The molecule has 0 aliphatic carbocycles. The van der Waals surface area contributed by atoms with E-state index in [-0.39, 0.29) is 30.3 Å². The molecule has 0 spiro atoms. The van der Waals surface area contributed by atoms with E-state index < -0.39 is 0 Å². The first kappa shape index (κ1) is 17.7. The summed E-state index contributed by atoms with van der Waals surface area (Å²) < 4.78 is 5.27. The lowest BCUT2D eigenvalue weighted by Crippen LogP contribution is -2.48. The Morgan fingerprint density at radius 3 is 2.39 bits per heavy atom. The number of hydrogen-bond acceptors (Lipinski definition) is 3. The van der Waals surface area contributed by atoms with Gasteiger partial charge >= 0.3 is 0 Å². The molecule has 0 radical (unpaired) electrons. The second-order valence-electron chi connectivity index (χ2n) is 5.44. The Bertz CT molecular complexity index is 243. The quantitative estimate of drug-likeness (QED) is 0.802. The third-order valence-electron chi connectivity index (χ3n) is 3.81.